The number of benzene rings is 1. The second-order valence-electron chi connectivity index (χ2n) is 7.13. The number of furan rings is 1. The standard InChI is InChI=1S/C21H26N4O3.H2O/c1-3-27-21(26)24-12-10-16(11-13-24)22-20-23-18-6-4-5-7-19(18)25(20)14-17-9-8-15(2)28-17;/h4-9,16H,3,10-14H2,1-2H3,(H,22,23);1H2. The van der Waals surface area contributed by atoms with E-state index < -0.39 is 0 Å². The third-order valence-electron chi connectivity index (χ3n) is 5.12. The molecule has 1 fully saturated rings. The summed E-state index contributed by atoms with van der Waals surface area (Å²) in [6, 6.07) is 12.4. The Morgan fingerprint density at radius 1 is 1.24 bits per heavy atom. The number of hydrogen-bond donors (Lipinski definition) is 1. The highest BCUT2D eigenvalue weighted by Crippen LogP contribution is 2.24. The summed E-state index contributed by atoms with van der Waals surface area (Å²) in [5, 5.41) is 3.59. The average Bonchev–Trinajstić information content (AvgIpc) is 3.26. The second-order valence-corrected chi connectivity index (χ2v) is 7.13. The number of piperidine rings is 1. The van der Waals surface area contributed by atoms with Gasteiger partial charge < -0.3 is 29.4 Å². The number of amides is 1. The molecule has 8 nitrogen and oxygen atoms in total. The van der Waals surface area contributed by atoms with Gasteiger partial charge in [-0.05, 0) is 51.0 Å². The topological polar surface area (TPSA) is 104 Å². The van der Waals surface area contributed by atoms with Gasteiger partial charge in [0, 0.05) is 19.1 Å². The van der Waals surface area contributed by atoms with Crippen LogP contribution in [0.2, 0.25) is 0 Å². The Kier molecular flexibility index (Phi) is 6.43. The Morgan fingerprint density at radius 3 is 2.69 bits per heavy atom. The van der Waals surface area contributed by atoms with Gasteiger partial charge in [-0.2, -0.15) is 0 Å². The number of fused-ring (bicyclic) bond motifs is 1. The lowest BCUT2D eigenvalue weighted by molar-refractivity contribution is 0.0983. The minimum Gasteiger partial charge on any atom is -0.464 e. The van der Waals surface area contributed by atoms with Crippen molar-refractivity contribution in [1.29, 1.82) is 0 Å². The van der Waals surface area contributed by atoms with E-state index in [9.17, 15) is 4.79 Å². The molecule has 1 amide bonds. The number of hydrogen-bond acceptors (Lipinski definition) is 5. The molecule has 0 bridgehead atoms. The lowest BCUT2D eigenvalue weighted by Gasteiger charge is -2.31. The normalized spacial score (nSPS) is 14.6. The molecule has 0 radical (unpaired) electrons. The molecule has 8 heteroatoms. The lowest BCUT2D eigenvalue weighted by atomic mass is 10.1. The molecular weight excluding hydrogens is 372 g/mol. The van der Waals surface area contributed by atoms with E-state index in [1.165, 1.54) is 0 Å². The monoisotopic (exact) mass is 400 g/mol. The molecule has 0 spiro atoms. The third kappa shape index (κ3) is 4.54. The van der Waals surface area contributed by atoms with Crippen LogP contribution >= 0.6 is 0 Å². The quantitative estimate of drug-likeness (QED) is 0.708. The van der Waals surface area contributed by atoms with E-state index in [0.29, 0.717) is 26.2 Å². The largest absolute Gasteiger partial charge is 0.464 e. The minimum absolute atomic E-state index is 0. The summed E-state index contributed by atoms with van der Waals surface area (Å²) in [7, 11) is 0. The van der Waals surface area contributed by atoms with E-state index >= 15 is 0 Å². The molecule has 3 N–H and O–H groups in total. The van der Waals surface area contributed by atoms with Gasteiger partial charge in [0.15, 0.2) is 0 Å². The van der Waals surface area contributed by atoms with Gasteiger partial charge in [-0.3, -0.25) is 0 Å². The van der Waals surface area contributed by atoms with Crippen molar-refractivity contribution in [2.75, 3.05) is 25.0 Å². The first kappa shape index (κ1) is 20.7. The number of nitrogens with one attached hydrogen (secondary N) is 1. The Balaban J connectivity index is 0.00000240. The molecule has 156 valence electrons. The fourth-order valence-electron chi connectivity index (χ4n) is 3.68. The Labute approximate surface area is 169 Å². The van der Waals surface area contributed by atoms with Crippen molar-refractivity contribution >= 4 is 23.1 Å². The summed E-state index contributed by atoms with van der Waals surface area (Å²) in [5.74, 6) is 2.64. The van der Waals surface area contributed by atoms with Gasteiger partial charge >= 0.3 is 6.09 Å². The summed E-state index contributed by atoms with van der Waals surface area (Å²) in [4.78, 5) is 18.5. The van der Waals surface area contributed by atoms with E-state index in [1.807, 2.05) is 44.2 Å². The summed E-state index contributed by atoms with van der Waals surface area (Å²) in [5.41, 5.74) is 2.03. The molecule has 3 heterocycles. The van der Waals surface area contributed by atoms with Gasteiger partial charge in [-0.15, -0.1) is 0 Å². The van der Waals surface area contributed by atoms with Crippen LogP contribution in [0.15, 0.2) is 40.8 Å². The van der Waals surface area contributed by atoms with Gasteiger partial charge in [-0.25, -0.2) is 9.78 Å². The number of rotatable bonds is 5. The van der Waals surface area contributed by atoms with Crippen molar-refractivity contribution < 1.29 is 19.4 Å². The summed E-state index contributed by atoms with van der Waals surface area (Å²) in [6.45, 7) is 6.19. The maximum absolute atomic E-state index is 11.9. The number of ether oxygens (including phenoxy) is 1. The summed E-state index contributed by atoms with van der Waals surface area (Å²) >= 11 is 0. The second kappa shape index (κ2) is 9.00. The maximum atomic E-state index is 11.9. The number of carbonyl (C=O) groups excluding carboxylic acids is 1. The number of para-hydroxylation sites is 2. The van der Waals surface area contributed by atoms with Crippen LogP contribution in [0.4, 0.5) is 10.7 Å². The number of imidazole rings is 1. The van der Waals surface area contributed by atoms with E-state index in [0.717, 1.165) is 41.3 Å². The first-order chi connectivity index (χ1) is 13.6. The zero-order chi connectivity index (χ0) is 19.5. The van der Waals surface area contributed by atoms with Crippen LogP contribution in [-0.4, -0.2) is 51.8 Å². The van der Waals surface area contributed by atoms with Crippen LogP contribution in [0.5, 0.6) is 0 Å². The highest BCUT2D eigenvalue weighted by Gasteiger charge is 2.25. The number of nitrogens with zero attached hydrogens (tertiary/aromatic N) is 3. The van der Waals surface area contributed by atoms with Crippen LogP contribution in [0.1, 0.15) is 31.3 Å². The first-order valence-electron chi connectivity index (χ1n) is 9.83. The third-order valence-corrected chi connectivity index (χ3v) is 5.12. The molecule has 1 aliphatic heterocycles. The summed E-state index contributed by atoms with van der Waals surface area (Å²) < 4.78 is 13.0. The molecule has 1 aromatic carbocycles. The summed E-state index contributed by atoms with van der Waals surface area (Å²) in [6.07, 6.45) is 1.51. The number of likely N-dealkylation sites (tertiary alicyclic amines) is 1. The molecule has 1 saturated heterocycles. The molecule has 2 aromatic heterocycles. The lowest BCUT2D eigenvalue weighted by Crippen LogP contribution is -2.42. The predicted molar refractivity (Wildman–Crippen MR) is 111 cm³/mol. The van der Waals surface area contributed by atoms with Gasteiger partial charge in [-0.1, -0.05) is 12.1 Å². The van der Waals surface area contributed by atoms with Crippen LogP contribution in [0.25, 0.3) is 11.0 Å². The zero-order valence-electron chi connectivity index (χ0n) is 16.9. The van der Waals surface area contributed by atoms with Crippen molar-refractivity contribution in [3.8, 4) is 0 Å². The van der Waals surface area contributed by atoms with Crippen molar-refractivity contribution in [3.05, 3.63) is 47.9 Å². The van der Waals surface area contributed by atoms with Crippen LogP contribution in [0.3, 0.4) is 0 Å². The smallest absolute Gasteiger partial charge is 0.409 e. The van der Waals surface area contributed by atoms with E-state index in [-0.39, 0.29) is 17.6 Å². The fourth-order valence-corrected chi connectivity index (χ4v) is 3.68. The minimum atomic E-state index is -0.221. The Bertz CT molecular complexity index is 957. The Morgan fingerprint density at radius 2 is 2.00 bits per heavy atom. The van der Waals surface area contributed by atoms with E-state index in [1.54, 1.807) is 4.90 Å². The van der Waals surface area contributed by atoms with E-state index in [4.69, 9.17) is 14.1 Å². The average molecular weight is 400 g/mol. The number of aromatic nitrogens is 2. The van der Waals surface area contributed by atoms with E-state index in [2.05, 4.69) is 16.0 Å². The molecule has 29 heavy (non-hydrogen) atoms. The predicted octanol–water partition coefficient (Wildman–Crippen LogP) is 3.19. The number of aryl methyl sites for hydroxylation is 1. The molecule has 4 rings (SSSR count). The van der Waals surface area contributed by atoms with Gasteiger partial charge in [0.2, 0.25) is 5.95 Å². The van der Waals surface area contributed by atoms with Gasteiger partial charge in [0.1, 0.15) is 11.5 Å². The Hall–Kier alpha value is -3.00. The van der Waals surface area contributed by atoms with Crippen molar-refractivity contribution in [2.24, 2.45) is 0 Å². The molecule has 0 atom stereocenters. The van der Waals surface area contributed by atoms with Gasteiger partial charge in [0.05, 0.1) is 24.2 Å². The molecular formula is C21H28N4O4. The zero-order valence-corrected chi connectivity index (χ0v) is 16.9. The molecule has 0 unspecified atom stereocenters. The van der Waals surface area contributed by atoms with Gasteiger partial charge in [0.25, 0.3) is 0 Å². The van der Waals surface area contributed by atoms with Crippen molar-refractivity contribution in [3.63, 3.8) is 0 Å². The van der Waals surface area contributed by atoms with Crippen LogP contribution < -0.4 is 5.32 Å². The number of anilines is 1. The molecule has 1 aliphatic rings. The van der Waals surface area contributed by atoms with Crippen LogP contribution in [0, 0.1) is 6.92 Å². The van der Waals surface area contributed by atoms with Crippen LogP contribution in [-0.2, 0) is 11.3 Å². The van der Waals surface area contributed by atoms with Crippen molar-refractivity contribution in [2.45, 2.75) is 39.3 Å². The maximum Gasteiger partial charge on any atom is 0.409 e. The molecule has 0 saturated carbocycles. The highest BCUT2D eigenvalue weighted by molar-refractivity contribution is 5.78. The number of carbonyl (C=O) groups is 1. The first-order valence-corrected chi connectivity index (χ1v) is 9.83. The highest BCUT2D eigenvalue weighted by atomic mass is 16.6. The fraction of sp³-hybridized carbons (Fsp3) is 0.429. The van der Waals surface area contributed by atoms with Crippen molar-refractivity contribution in [1.82, 2.24) is 14.5 Å². The molecule has 0 aliphatic carbocycles. The molecule has 3 aromatic rings. The SMILES string of the molecule is CCOC(=O)N1CCC(Nc2nc3ccccc3n2Cc2ccc(C)o2)CC1.O.